The van der Waals surface area contributed by atoms with E-state index in [2.05, 4.69) is 4.74 Å². The zero-order valence-electron chi connectivity index (χ0n) is 10.7. The van der Waals surface area contributed by atoms with Gasteiger partial charge in [-0.3, -0.25) is 0 Å². The van der Waals surface area contributed by atoms with E-state index < -0.39 is 12.8 Å². The average Bonchev–Trinajstić information content (AvgIpc) is 2.34. The molecule has 0 atom stereocenters. The van der Waals surface area contributed by atoms with Crippen molar-refractivity contribution < 1.29 is 22.6 Å². The van der Waals surface area contributed by atoms with Crippen LogP contribution in [0.5, 0.6) is 5.75 Å². The maximum absolute atomic E-state index is 11.8. The van der Waals surface area contributed by atoms with Crippen LogP contribution in [-0.2, 0) is 4.74 Å². The van der Waals surface area contributed by atoms with Crippen LogP contribution >= 0.6 is 23.2 Å². The fourth-order valence-corrected chi connectivity index (χ4v) is 1.97. The molecule has 0 radical (unpaired) electrons. The van der Waals surface area contributed by atoms with E-state index in [1.165, 1.54) is 0 Å². The number of benzene rings is 1. The van der Waals surface area contributed by atoms with Gasteiger partial charge < -0.3 is 9.47 Å². The Morgan fingerprint density at radius 3 is 2.15 bits per heavy atom. The minimum atomic E-state index is -4.26. The molecule has 2 nitrogen and oxygen atoms in total. The maximum Gasteiger partial charge on any atom is 0.411 e. The highest BCUT2D eigenvalue weighted by molar-refractivity contribution is 6.37. The van der Waals surface area contributed by atoms with Gasteiger partial charge in [-0.25, -0.2) is 0 Å². The first-order chi connectivity index (χ1) is 9.40. The summed E-state index contributed by atoms with van der Waals surface area (Å²) in [6.07, 6.45) is -2.31. The molecular formula is C13H15Cl2F3O2. The molecular weight excluding hydrogens is 316 g/mol. The van der Waals surface area contributed by atoms with Crippen LogP contribution in [-0.4, -0.2) is 26.0 Å². The largest absolute Gasteiger partial charge is 0.490 e. The van der Waals surface area contributed by atoms with Gasteiger partial charge in [-0.15, -0.1) is 0 Å². The molecule has 0 aliphatic carbocycles. The van der Waals surface area contributed by atoms with Gasteiger partial charge in [0.2, 0.25) is 0 Å². The predicted octanol–water partition coefficient (Wildman–Crippen LogP) is 5.12. The minimum absolute atomic E-state index is 0.0896. The van der Waals surface area contributed by atoms with E-state index in [0.717, 1.165) is 0 Å². The van der Waals surface area contributed by atoms with Gasteiger partial charge in [0.1, 0.15) is 6.61 Å². The van der Waals surface area contributed by atoms with Crippen LogP contribution in [0.15, 0.2) is 18.2 Å². The van der Waals surface area contributed by atoms with Crippen LogP contribution in [0.3, 0.4) is 0 Å². The van der Waals surface area contributed by atoms with Gasteiger partial charge in [0.05, 0.1) is 16.7 Å². The normalized spacial score (nSPS) is 11.7. The topological polar surface area (TPSA) is 18.5 Å². The summed E-state index contributed by atoms with van der Waals surface area (Å²) >= 11 is 11.8. The average molecular weight is 331 g/mol. The van der Waals surface area contributed by atoms with Crippen molar-refractivity contribution in [3.05, 3.63) is 28.2 Å². The zero-order chi connectivity index (χ0) is 15.0. The lowest BCUT2D eigenvalue weighted by Crippen LogP contribution is -2.17. The molecule has 7 heteroatoms. The lowest BCUT2D eigenvalue weighted by atomic mass is 10.2. The Morgan fingerprint density at radius 2 is 1.55 bits per heavy atom. The lowest BCUT2D eigenvalue weighted by molar-refractivity contribution is -0.174. The van der Waals surface area contributed by atoms with E-state index in [1.807, 2.05) is 0 Å². The first-order valence-electron chi connectivity index (χ1n) is 6.11. The first kappa shape index (κ1) is 17.4. The van der Waals surface area contributed by atoms with Gasteiger partial charge in [-0.05, 0) is 31.4 Å². The van der Waals surface area contributed by atoms with E-state index in [-0.39, 0.29) is 6.61 Å². The van der Waals surface area contributed by atoms with Crippen molar-refractivity contribution in [3.8, 4) is 5.75 Å². The molecule has 20 heavy (non-hydrogen) atoms. The summed E-state index contributed by atoms with van der Waals surface area (Å²) in [5.74, 6) is 0.434. The number of para-hydroxylation sites is 1. The molecule has 0 heterocycles. The zero-order valence-corrected chi connectivity index (χ0v) is 12.2. The van der Waals surface area contributed by atoms with Gasteiger partial charge in [0, 0.05) is 6.61 Å². The third kappa shape index (κ3) is 7.22. The highest BCUT2D eigenvalue weighted by Crippen LogP contribution is 2.32. The molecule has 0 saturated carbocycles. The van der Waals surface area contributed by atoms with Crippen molar-refractivity contribution in [2.75, 3.05) is 19.8 Å². The summed E-state index contributed by atoms with van der Waals surface area (Å²) < 4.78 is 45.3. The van der Waals surface area contributed by atoms with Crippen LogP contribution in [0.2, 0.25) is 10.0 Å². The van der Waals surface area contributed by atoms with E-state index in [9.17, 15) is 13.2 Å². The van der Waals surface area contributed by atoms with Crippen molar-refractivity contribution in [1.82, 2.24) is 0 Å². The highest BCUT2D eigenvalue weighted by Gasteiger charge is 2.27. The molecule has 1 rings (SSSR count). The molecule has 0 N–H and O–H groups in total. The van der Waals surface area contributed by atoms with E-state index in [4.69, 9.17) is 27.9 Å². The van der Waals surface area contributed by atoms with Crippen LogP contribution in [0, 0.1) is 0 Å². The van der Waals surface area contributed by atoms with Gasteiger partial charge in [-0.2, -0.15) is 13.2 Å². The molecule has 0 saturated heterocycles. The molecule has 1 aromatic rings. The Bertz CT molecular complexity index is 391. The lowest BCUT2D eigenvalue weighted by Gasteiger charge is -2.10. The van der Waals surface area contributed by atoms with Crippen molar-refractivity contribution >= 4 is 23.2 Å². The Kier molecular flexibility index (Phi) is 7.48. The number of alkyl halides is 3. The monoisotopic (exact) mass is 330 g/mol. The molecule has 1 aromatic carbocycles. The Labute approximate surface area is 125 Å². The quantitative estimate of drug-likeness (QED) is 0.616. The third-order valence-electron chi connectivity index (χ3n) is 2.36. The SMILES string of the molecule is FC(F)(F)COCCCCCOc1c(Cl)cccc1Cl. The van der Waals surface area contributed by atoms with Crippen LogP contribution < -0.4 is 4.74 Å². The van der Waals surface area contributed by atoms with Gasteiger partial charge in [0.25, 0.3) is 0 Å². The molecule has 0 aliphatic rings. The predicted molar refractivity (Wildman–Crippen MR) is 72.7 cm³/mol. The molecule has 0 bridgehead atoms. The summed E-state index contributed by atoms with van der Waals surface area (Å²) in [7, 11) is 0. The third-order valence-corrected chi connectivity index (χ3v) is 2.96. The highest BCUT2D eigenvalue weighted by atomic mass is 35.5. The number of hydrogen-bond acceptors (Lipinski definition) is 2. The van der Waals surface area contributed by atoms with Gasteiger partial charge in [-0.1, -0.05) is 29.3 Å². The number of ether oxygens (including phenoxy) is 2. The molecule has 114 valence electrons. The summed E-state index contributed by atoms with van der Waals surface area (Å²) in [6, 6.07) is 5.07. The Hall–Kier alpha value is -0.650. The standard InChI is InChI=1S/C13H15Cl2F3O2/c14-10-5-4-6-11(15)12(10)20-8-3-1-2-7-19-9-13(16,17)18/h4-6H,1-3,7-9H2. The van der Waals surface area contributed by atoms with Gasteiger partial charge >= 0.3 is 6.18 Å². The fourth-order valence-electron chi connectivity index (χ4n) is 1.47. The minimum Gasteiger partial charge on any atom is -0.490 e. The Balaban J connectivity index is 2.08. The van der Waals surface area contributed by atoms with Crippen molar-refractivity contribution in [1.29, 1.82) is 0 Å². The van der Waals surface area contributed by atoms with E-state index in [1.54, 1.807) is 18.2 Å². The number of unbranched alkanes of at least 4 members (excludes halogenated alkanes) is 2. The second-order valence-corrected chi connectivity index (χ2v) is 4.94. The van der Waals surface area contributed by atoms with Crippen molar-refractivity contribution in [2.24, 2.45) is 0 Å². The number of halogens is 5. The summed E-state index contributed by atoms with van der Waals surface area (Å²) in [5, 5.41) is 0.872. The number of hydrogen-bond donors (Lipinski definition) is 0. The van der Waals surface area contributed by atoms with Crippen LogP contribution in [0.4, 0.5) is 13.2 Å². The smallest absolute Gasteiger partial charge is 0.411 e. The number of rotatable bonds is 8. The maximum atomic E-state index is 11.8. The first-order valence-corrected chi connectivity index (χ1v) is 6.87. The molecule has 0 unspecified atom stereocenters. The second kappa shape index (κ2) is 8.60. The summed E-state index contributed by atoms with van der Waals surface area (Å²) in [5.41, 5.74) is 0. The molecule has 0 amide bonds. The van der Waals surface area contributed by atoms with Crippen molar-refractivity contribution in [2.45, 2.75) is 25.4 Å². The molecule has 0 aromatic heterocycles. The summed E-state index contributed by atoms with van der Waals surface area (Å²) in [4.78, 5) is 0. The van der Waals surface area contributed by atoms with Crippen molar-refractivity contribution in [3.63, 3.8) is 0 Å². The molecule has 0 fully saturated rings. The fraction of sp³-hybridized carbons (Fsp3) is 0.538. The molecule has 0 aliphatic heterocycles. The second-order valence-electron chi connectivity index (χ2n) is 4.13. The van der Waals surface area contributed by atoms with E-state index >= 15 is 0 Å². The van der Waals surface area contributed by atoms with Gasteiger partial charge in [0.15, 0.2) is 5.75 Å². The van der Waals surface area contributed by atoms with E-state index in [0.29, 0.717) is 41.7 Å². The Morgan fingerprint density at radius 1 is 0.950 bits per heavy atom. The van der Waals surface area contributed by atoms with Crippen LogP contribution in [0.25, 0.3) is 0 Å². The van der Waals surface area contributed by atoms with Crippen LogP contribution in [0.1, 0.15) is 19.3 Å². The summed E-state index contributed by atoms with van der Waals surface area (Å²) in [6.45, 7) is -0.701. The molecule has 0 spiro atoms.